The molecular weight excluding hydrogens is 428 g/mol. The van der Waals surface area contributed by atoms with Gasteiger partial charge in [-0.2, -0.15) is 10.2 Å². The third kappa shape index (κ3) is 5.63. The van der Waals surface area contributed by atoms with Gasteiger partial charge in [-0.05, 0) is 24.3 Å². The second-order valence-electron chi connectivity index (χ2n) is 7.02. The van der Waals surface area contributed by atoms with Gasteiger partial charge >= 0.3 is 0 Å². The lowest BCUT2D eigenvalue weighted by Gasteiger charge is -2.12. The topological polar surface area (TPSA) is 109 Å². The van der Waals surface area contributed by atoms with Gasteiger partial charge in [-0.25, -0.2) is 10.9 Å². The molecule has 4 aromatic rings. The largest absolute Gasteiger partial charge is 0.272 e. The van der Waals surface area contributed by atoms with Crippen LogP contribution in [0.1, 0.15) is 31.8 Å². The van der Waals surface area contributed by atoms with Gasteiger partial charge in [0.1, 0.15) is 11.4 Å². The van der Waals surface area contributed by atoms with Crippen molar-refractivity contribution in [2.45, 2.75) is 0 Å². The van der Waals surface area contributed by atoms with Crippen LogP contribution in [0.3, 0.4) is 0 Å². The summed E-state index contributed by atoms with van der Waals surface area (Å²) >= 11 is 0. The fourth-order valence-electron chi connectivity index (χ4n) is 3.04. The van der Waals surface area contributed by atoms with E-state index in [1.807, 2.05) is 60.7 Å². The van der Waals surface area contributed by atoms with Crippen molar-refractivity contribution in [2.24, 2.45) is 10.2 Å². The fourth-order valence-corrected chi connectivity index (χ4v) is 3.04. The molecule has 0 bridgehead atoms. The highest BCUT2D eigenvalue weighted by Gasteiger charge is 2.17. The van der Waals surface area contributed by atoms with Crippen LogP contribution < -0.4 is 10.9 Å². The van der Waals surface area contributed by atoms with E-state index >= 15 is 0 Å². The third-order valence-corrected chi connectivity index (χ3v) is 4.70. The molecule has 2 aromatic heterocycles. The molecule has 0 aliphatic carbocycles. The number of carbonyl (C=O) groups is 2. The maximum Gasteiger partial charge on any atom is 0.272 e. The number of aromatic nitrogens is 2. The Balaban J connectivity index is 1.73. The molecule has 0 saturated heterocycles. The third-order valence-electron chi connectivity index (χ3n) is 4.70. The second kappa shape index (κ2) is 11.1. The summed E-state index contributed by atoms with van der Waals surface area (Å²) in [5, 5.41) is 8.79. The average molecular weight is 448 g/mol. The van der Waals surface area contributed by atoms with Gasteiger partial charge in [0.15, 0.2) is 0 Å². The Hall–Kier alpha value is -4.98. The van der Waals surface area contributed by atoms with Crippen LogP contribution in [0, 0.1) is 0 Å². The first-order valence-electron chi connectivity index (χ1n) is 10.4. The van der Waals surface area contributed by atoms with Crippen LogP contribution in [0.2, 0.25) is 0 Å². The van der Waals surface area contributed by atoms with E-state index in [1.54, 1.807) is 36.7 Å². The van der Waals surface area contributed by atoms with E-state index in [2.05, 4.69) is 31.0 Å². The summed E-state index contributed by atoms with van der Waals surface area (Å²) in [5.41, 5.74) is 8.01. The molecule has 8 nitrogen and oxygen atoms in total. The molecule has 0 unspecified atom stereocenters. The summed E-state index contributed by atoms with van der Waals surface area (Å²) < 4.78 is 0. The van der Waals surface area contributed by atoms with Gasteiger partial charge in [0.2, 0.25) is 0 Å². The second-order valence-corrected chi connectivity index (χ2v) is 7.02. The summed E-state index contributed by atoms with van der Waals surface area (Å²) in [5.74, 6) is -0.846. The number of benzene rings is 2. The Labute approximate surface area is 196 Å². The lowest BCUT2D eigenvalue weighted by atomic mass is 10.00. The standard InChI is InChI=1S/C26H20N6O2/c33-25(21-13-7-15-27-17-21)31-29-23(19-9-3-1-4-10-19)24(20-11-5-2-6-12-20)30-32-26(34)22-14-8-16-28-18-22/h1-18H,(H,31,33)(H,32,34)/b29-23+,30-24+. The molecule has 0 aliphatic rings. The minimum Gasteiger partial charge on any atom is -0.267 e. The average Bonchev–Trinajstić information content (AvgIpc) is 2.92. The van der Waals surface area contributed by atoms with Crippen molar-refractivity contribution >= 4 is 23.2 Å². The molecule has 4 rings (SSSR count). The lowest BCUT2D eigenvalue weighted by Crippen LogP contribution is -2.28. The fraction of sp³-hybridized carbons (Fsp3) is 0. The predicted molar refractivity (Wildman–Crippen MR) is 129 cm³/mol. The van der Waals surface area contributed by atoms with Crippen molar-refractivity contribution in [3.8, 4) is 0 Å². The number of hydrazone groups is 2. The molecule has 8 heteroatoms. The number of carbonyl (C=O) groups excluding carboxylic acids is 2. The Morgan fingerprint density at radius 3 is 1.26 bits per heavy atom. The van der Waals surface area contributed by atoms with Crippen molar-refractivity contribution in [3.63, 3.8) is 0 Å². The van der Waals surface area contributed by atoms with Gasteiger partial charge in [-0.15, -0.1) is 0 Å². The van der Waals surface area contributed by atoms with E-state index in [0.29, 0.717) is 33.7 Å². The number of pyridine rings is 2. The quantitative estimate of drug-likeness (QED) is 0.333. The highest BCUT2D eigenvalue weighted by Crippen LogP contribution is 2.11. The maximum atomic E-state index is 12.6. The molecule has 0 saturated carbocycles. The highest BCUT2D eigenvalue weighted by molar-refractivity contribution is 6.53. The summed E-state index contributed by atoms with van der Waals surface area (Å²) in [6, 6.07) is 25.1. The summed E-state index contributed by atoms with van der Waals surface area (Å²) in [6.45, 7) is 0. The zero-order valence-corrected chi connectivity index (χ0v) is 18.0. The minimum atomic E-state index is -0.423. The molecule has 2 amide bonds. The Morgan fingerprint density at radius 2 is 0.912 bits per heavy atom. The SMILES string of the molecule is O=C(N/N=C(/C(=N/NC(=O)c1cccnc1)c1ccccc1)c1ccccc1)c1cccnc1. The minimum absolute atomic E-state index is 0.363. The van der Waals surface area contributed by atoms with Gasteiger partial charge < -0.3 is 0 Å². The van der Waals surface area contributed by atoms with Crippen LogP contribution in [0.4, 0.5) is 0 Å². The number of hydrogen-bond donors (Lipinski definition) is 2. The van der Waals surface area contributed by atoms with E-state index in [4.69, 9.17) is 0 Å². The molecule has 2 aromatic carbocycles. The van der Waals surface area contributed by atoms with Gasteiger partial charge in [-0.1, -0.05) is 60.7 Å². The molecule has 34 heavy (non-hydrogen) atoms. The number of nitrogens with zero attached hydrogens (tertiary/aromatic N) is 4. The number of nitrogens with one attached hydrogen (secondary N) is 2. The van der Waals surface area contributed by atoms with E-state index < -0.39 is 11.8 Å². The van der Waals surface area contributed by atoms with E-state index in [9.17, 15) is 9.59 Å². The van der Waals surface area contributed by atoms with Gasteiger partial charge in [-0.3, -0.25) is 19.6 Å². The van der Waals surface area contributed by atoms with Crippen LogP contribution in [-0.2, 0) is 0 Å². The molecule has 0 radical (unpaired) electrons. The van der Waals surface area contributed by atoms with Gasteiger partial charge in [0, 0.05) is 35.9 Å². The van der Waals surface area contributed by atoms with Crippen molar-refractivity contribution < 1.29 is 9.59 Å². The zero-order chi connectivity index (χ0) is 23.6. The van der Waals surface area contributed by atoms with Crippen LogP contribution in [0.15, 0.2) is 120 Å². The van der Waals surface area contributed by atoms with Crippen LogP contribution in [0.5, 0.6) is 0 Å². The van der Waals surface area contributed by atoms with Crippen molar-refractivity contribution in [1.82, 2.24) is 20.8 Å². The van der Waals surface area contributed by atoms with Crippen molar-refractivity contribution in [3.05, 3.63) is 132 Å². The number of hydrogen-bond acceptors (Lipinski definition) is 6. The number of amides is 2. The van der Waals surface area contributed by atoms with E-state index in [1.165, 1.54) is 12.4 Å². The normalized spacial score (nSPS) is 11.5. The smallest absolute Gasteiger partial charge is 0.267 e. The van der Waals surface area contributed by atoms with Gasteiger partial charge in [0.25, 0.3) is 11.8 Å². The number of rotatable bonds is 7. The van der Waals surface area contributed by atoms with E-state index in [0.717, 1.165) is 0 Å². The van der Waals surface area contributed by atoms with Crippen molar-refractivity contribution in [2.75, 3.05) is 0 Å². The molecule has 0 fully saturated rings. The summed E-state index contributed by atoms with van der Waals surface area (Å²) in [4.78, 5) is 33.2. The zero-order valence-electron chi connectivity index (χ0n) is 18.0. The first kappa shape index (κ1) is 22.2. The Kier molecular flexibility index (Phi) is 7.22. The van der Waals surface area contributed by atoms with Crippen LogP contribution >= 0.6 is 0 Å². The highest BCUT2D eigenvalue weighted by atomic mass is 16.2. The van der Waals surface area contributed by atoms with Crippen LogP contribution in [0.25, 0.3) is 0 Å². The Morgan fingerprint density at radius 1 is 0.529 bits per heavy atom. The molecule has 2 N–H and O–H groups in total. The summed E-state index contributed by atoms with van der Waals surface area (Å²) in [6.07, 6.45) is 6.07. The first-order chi connectivity index (χ1) is 16.7. The van der Waals surface area contributed by atoms with E-state index in [-0.39, 0.29) is 0 Å². The molecule has 166 valence electrons. The monoisotopic (exact) mass is 448 g/mol. The van der Waals surface area contributed by atoms with Crippen LogP contribution in [-0.4, -0.2) is 33.2 Å². The molecule has 0 atom stereocenters. The maximum absolute atomic E-state index is 12.6. The predicted octanol–water partition coefficient (Wildman–Crippen LogP) is 3.45. The van der Waals surface area contributed by atoms with Gasteiger partial charge in [0.05, 0.1) is 11.1 Å². The molecule has 0 aliphatic heterocycles. The van der Waals surface area contributed by atoms with Crippen molar-refractivity contribution in [1.29, 1.82) is 0 Å². The summed E-state index contributed by atoms with van der Waals surface area (Å²) in [7, 11) is 0. The molecule has 2 heterocycles. The molecular formula is C26H20N6O2. The molecule has 0 spiro atoms. The first-order valence-corrected chi connectivity index (χ1v) is 10.4. The lowest BCUT2D eigenvalue weighted by molar-refractivity contribution is 0.0946. The Bertz CT molecular complexity index is 1200.